The Morgan fingerprint density at radius 3 is 2.72 bits per heavy atom. The van der Waals surface area contributed by atoms with Gasteiger partial charge in [-0.25, -0.2) is 4.98 Å². The molecule has 0 aliphatic heterocycles. The highest BCUT2D eigenvalue weighted by atomic mass is 32.1. The number of benzene rings is 1. The summed E-state index contributed by atoms with van der Waals surface area (Å²) < 4.78 is 39.6. The summed E-state index contributed by atoms with van der Waals surface area (Å²) in [4.78, 5) is 30.9. The zero-order chi connectivity index (χ0) is 20.6. The summed E-state index contributed by atoms with van der Waals surface area (Å²) in [5.74, 6) is -0.625. The molecule has 1 amide bonds. The van der Waals surface area contributed by atoms with Gasteiger partial charge in [-0.15, -0.1) is 22.7 Å². The first-order chi connectivity index (χ1) is 13.8. The molecule has 3 heterocycles. The average molecular weight is 435 g/mol. The van der Waals surface area contributed by atoms with Crippen LogP contribution in [0.5, 0.6) is 0 Å². The maximum atomic E-state index is 12.9. The summed E-state index contributed by atoms with van der Waals surface area (Å²) in [6, 6.07) is 8.09. The van der Waals surface area contributed by atoms with Crippen LogP contribution in [0.1, 0.15) is 5.56 Å². The fourth-order valence-electron chi connectivity index (χ4n) is 2.82. The first-order valence-corrected chi connectivity index (χ1v) is 10.1. The SMILES string of the molecule is O=C(Cn1cnc2scc(-c3cccs3)c2c1=O)Nc1cccc(C(F)(F)F)c1. The van der Waals surface area contributed by atoms with Crippen LogP contribution in [-0.4, -0.2) is 15.5 Å². The Labute approximate surface area is 170 Å². The topological polar surface area (TPSA) is 64.0 Å². The molecular formula is C19H12F3N3O2S2. The third-order valence-corrected chi connectivity index (χ3v) is 5.92. The Morgan fingerprint density at radius 2 is 2.00 bits per heavy atom. The van der Waals surface area contributed by atoms with Crippen molar-refractivity contribution in [2.24, 2.45) is 0 Å². The molecule has 0 bridgehead atoms. The van der Waals surface area contributed by atoms with Crippen LogP contribution in [0.4, 0.5) is 18.9 Å². The van der Waals surface area contributed by atoms with E-state index in [4.69, 9.17) is 0 Å². The van der Waals surface area contributed by atoms with Gasteiger partial charge in [-0.1, -0.05) is 12.1 Å². The van der Waals surface area contributed by atoms with Crippen LogP contribution in [0.25, 0.3) is 20.7 Å². The van der Waals surface area contributed by atoms with E-state index in [1.807, 2.05) is 22.9 Å². The summed E-state index contributed by atoms with van der Waals surface area (Å²) >= 11 is 2.82. The molecule has 0 atom stereocenters. The maximum absolute atomic E-state index is 12.9. The Morgan fingerprint density at radius 1 is 1.17 bits per heavy atom. The Bertz CT molecular complexity index is 1240. The molecule has 5 nitrogen and oxygen atoms in total. The molecule has 1 aromatic carbocycles. The van der Waals surface area contributed by atoms with Crippen LogP contribution < -0.4 is 10.9 Å². The van der Waals surface area contributed by atoms with Gasteiger partial charge in [-0.3, -0.25) is 14.2 Å². The van der Waals surface area contributed by atoms with Gasteiger partial charge in [0.05, 0.1) is 17.3 Å². The normalized spacial score (nSPS) is 11.7. The number of alkyl halides is 3. The van der Waals surface area contributed by atoms with E-state index in [2.05, 4.69) is 10.3 Å². The van der Waals surface area contributed by atoms with Crippen molar-refractivity contribution >= 4 is 44.5 Å². The monoisotopic (exact) mass is 435 g/mol. The summed E-state index contributed by atoms with van der Waals surface area (Å²) in [6.45, 7) is -0.363. The highest BCUT2D eigenvalue weighted by Gasteiger charge is 2.30. The van der Waals surface area contributed by atoms with E-state index in [0.29, 0.717) is 10.2 Å². The zero-order valence-electron chi connectivity index (χ0n) is 14.6. The second-order valence-electron chi connectivity index (χ2n) is 6.11. The van der Waals surface area contributed by atoms with Gasteiger partial charge < -0.3 is 5.32 Å². The van der Waals surface area contributed by atoms with Crippen LogP contribution in [0, 0.1) is 0 Å². The molecule has 4 aromatic rings. The number of aromatic nitrogens is 2. The van der Waals surface area contributed by atoms with Crippen LogP contribution >= 0.6 is 22.7 Å². The highest BCUT2D eigenvalue weighted by molar-refractivity contribution is 7.18. The van der Waals surface area contributed by atoms with Gasteiger partial charge in [0.2, 0.25) is 5.91 Å². The lowest BCUT2D eigenvalue weighted by Crippen LogP contribution is -2.27. The predicted octanol–water partition coefficient (Wildman–Crippen LogP) is 4.84. The maximum Gasteiger partial charge on any atom is 0.416 e. The summed E-state index contributed by atoms with van der Waals surface area (Å²) in [6.07, 6.45) is -3.24. The number of fused-ring (bicyclic) bond motifs is 1. The van der Waals surface area contributed by atoms with Crippen LogP contribution in [0.2, 0.25) is 0 Å². The van der Waals surface area contributed by atoms with E-state index in [0.717, 1.165) is 27.1 Å². The van der Waals surface area contributed by atoms with Crippen molar-refractivity contribution in [2.75, 3.05) is 5.32 Å². The van der Waals surface area contributed by atoms with E-state index in [1.165, 1.54) is 41.1 Å². The third kappa shape index (κ3) is 3.94. The van der Waals surface area contributed by atoms with Crippen molar-refractivity contribution in [3.63, 3.8) is 0 Å². The molecule has 0 aliphatic rings. The van der Waals surface area contributed by atoms with E-state index in [-0.39, 0.29) is 17.8 Å². The number of halogens is 3. The molecule has 148 valence electrons. The fourth-order valence-corrected chi connectivity index (χ4v) is 4.54. The second-order valence-corrected chi connectivity index (χ2v) is 7.92. The number of nitrogens with one attached hydrogen (secondary N) is 1. The number of carbonyl (C=O) groups excluding carboxylic acids is 1. The lowest BCUT2D eigenvalue weighted by atomic mass is 10.2. The van der Waals surface area contributed by atoms with Crippen molar-refractivity contribution in [2.45, 2.75) is 12.7 Å². The van der Waals surface area contributed by atoms with E-state index >= 15 is 0 Å². The van der Waals surface area contributed by atoms with Gasteiger partial charge in [-0.05, 0) is 29.6 Å². The minimum Gasteiger partial charge on any atom is -0.325 e. The number of hydrogen-bond donors (Lipinski definition) is 1. The molecule has 0 saturated carbocycles. The van der Waals surface area contributed by atoms with Gasteiger partial charge in [0.25, 0.3) is 5.56 Å². The number of anilines is 1. The van der Waals surface area contributed by atoms with Gasteiger partial charge in [-0.2, -0.15) is 13.2 Å². The van der Waals surface area contributed by atoms with E-state index in [1.54, 1.807) is 0 Å². The van der Waals surface area contributed by atoms with Crippen molar-refractivity contribution in [3.8, 4) is 10.4 Å². The number of thiophene rings is 2. The number of rotatable bonds is 4. The van der Waals surface area contributed by atoms with Crippen molar-refractivity contribution in [1.29, 1.82) is 0 Å². The first kappa shape index (κ1) is 19.3. The Hall–Kier alpha value is -2.98. The second kappa shape index (κ2) is 7.45. The van der Waals surface area contributed by atoms with Gasteiger partial charge >= 0.3 is 6.18 Å². The number of amides is 1. The summed E-state index contributed by atoms with van der Waals surface area (Å²) in [7, 11) is 0. The number of hydrogen-bond acceptors (Lipinski definition) is 5. The average Bonchev–Trinajstić information content (AvgIpc) is 3.33. The lowest BCUT2D eigenvalue weighted by Gasteiger charge is -2.10. The zero-order valence-corrected chi connectivity index (χ0v) is 16.2. The smallest absolute Gasteiger partial charge is 0.325 e. The molecule has 0 aliphatic carbocycles. The van der Waals surface area contributed by atoms with E-state index in [9.17, 15) is 22.8 Å². The molecule has 0 saturated heterocycles. The molecule has 4 rings (SSSR count). The van der Waals surface area contributed by atoms with Gasteiger partial charge in [0.15, 0.2) is 0 Å². The number of carbonyl (C=O) groups is 1. The molecule has 29 heavy (non-hydrogen) atoms. The molecule has 10 heteroatoms. The molecule has 0 radical (unpaired) electrons. The highest BCUT2D eigenvalue weighted by Crippen LogP contribution is 2.33. The fraction of sp³-hybridized carbons (Fsp3) is 0.105. The predicted molar refractivity (Wildman–Crippen MR) is 107 cm³/mol. The van der Waals surface area contributed by atoms with Gasteiger partial charge in [0, 0.05) is 21.5 Å². The Kier molecular flexibility index (Phi) is 4.97. The van der Waals surface area contributed by atoms with E-state index < -0.39 is 17.6 Å². The standard InChI is InChI=1S/C19H12F3N3O2S2/c20-19(21,22)11-3-1-4-12(7-11)24-15(26)8-25-10-23-17-16(18(25)27)13(9-29-17)14-5-2-6-28-14/h1-7,9-10H,8H2,(H,24,26). The van der Waals surface area contributed by atoms with Crippen molar-refractivity contribution in [1.82, 2.24) is 9.55 Å². The number of nitrogens with zero attached hydrogens (tertiary/aromatic N) is 2. The molecule has 0 unspecified atom stereocenters. The molecule has 0 spiro atoms. The first-order valence-electron chi connectivity index (χ1n) is 8.30. The van der Waals surface area contributed by atoms with Crippen LogP contribution in [0.15, 0.2) is 58.3 Å². The third-order valence-electron chi connectivity index (χ3n) is 4.13. The molecule has 1 N–H and O–H groups in total. The summed E-state index contributed by atoms with van der Waals surface area (Å²) in [5.41, 5.74) is -0.486. The van der Waals surface area contributed by atoms with Crippen molar-refractivity contribution in [3.05, 3.63) is 69.4 Å². The van der Waals surface area contributed by atoms with Crippen LogP contribution in [0.3, 0.4) is 0 Å². The summed E-state index contributed by atoms with van der Waals surface area (Å²) in [5, 5.41) is 6.56. The Balaban J connectivity index is 1.60. The quantitative estimate of drug-likeness (QED) is 0.499. The van der Waals surface area contributed by atoms with Gasteiger partial charge in [0.1, 0.15) is 11.4 Å². The lowest BCUT2D eigenvalue weighted by molar-refractivity contribution is -0.137. The van der Waals surface area contributed by atoms with Crippen LogP contribution in [-0.2, 0) is 17.5 Å². The molecule has 0 fully saturated rings. The molecule has 3 aromatic heterocycles. The molecular weight excluding hydrogens is 423 g/mol. The largest absolute Gasteiger partial charge is 0.416 e. The van der Waals surface area contributed by atoms with Crippen molar-refractivity contribution < 1.29 is 18.0 Å². The minimum atomic E-state index is -4.51. The minimum absolute atomic E-state index is 0.00159.